The molecule has 0 spiro atoms. The Morgan fingerprint density at radius 1 is 1.50 bits per heavy atom. The van der Waals surface area contributed by atoms with Crippen LogP contribution in [0.15, 0.2) is 18.2 Å². The van der Waals surface area contributed by atoms with Crippen molar-refractivity contribution < 1.29 is 9.90 Å². The van der Waals surface area contributed by atoms with Gasteiger partial charge in [0.1, 0.15) is 5.75 Å². The number of amides is 1. The van der Waals surface area contributed by atoms with Crippen molar-refractivity contribution in [2.45, 2.75) is 26.3 Å². The molecule has 1 amide bonds. The average Bonchev–Trinajstić information content (AvgIpc) is 2.21. The monoisotopic (exact) mass is 222 g/mol. The third-order valence-corrected chi connectivity index (χ3v) is 2.36. The number of carbonyl (C=O) groups excluding carboxylic acids is 1. The summed E-state index contributed by atoms with van der Waals surface area (Å²) in [6.45, 7) is 5.87. The molecule has 0 aliphatic carbocycles. The lowest BCUT2D eigenvalue weighted by Crippen LogP contribution is -2.48. The number of nitrogens with one attached hydrogen (secondary N) is 1. The molecule has 16 heavy (non-hydrogen) atoms. The number of rotatable bonds is 3. The molecule has 4 N–H and O–H groups in total. The van der Waals surface area contributed by atoms with Crippen LogP contribution in [0.4, 0.5) is 0 Å². The first-order valence-corrected chi connectivity index (χ1v) is 5.18. The zero-order chi connectivity index (χ0) is 12.3. The lowest BCUT2D eigenvalue weighted by Gasteiger charge is -2.24. The van der Waals surface area contributed by atoms with Gasteiger partial charge in [0, 0.05) is 12.1 Å². The molecule has 0 saturated carbocycles. The Morgan fingerprint density at radius 2 is 2.12 bits per heavy atom. The van der Waals surface area contributed by atoms with Crippen LogP contribution in [0.5, 0.6) is 5.75 Å². The number of benzene rings is 1. The number of carbonyl (C=O) groups is 1. The molecule has 4 nitrogen and oxygen atoms in total. The summed E-state index contributed by atoms with van der Waals surface area (Å²) in [5.74, 6) is -0.326. The van der Waals surface area contributed by atoms with Crippen molar-refractivity contribution >= 4 is 5.91 Å². The van der Waals surface area contributed by atoms with E-state index in [-0.39, 0.29) is 17.2 Å². The predicted octanol–water partition coefficient (Wildman–Crippen LogP) is 1.17. The quantitative estimate of drug-likeness (QED) is 0.718. The Bertz CT molecular complexity index is 400. The molecule has 0 unspecified atom stereocenters. The fourth-order valence-corrected chi connectivity index (χ4v) is 1.26. The zero-order valence-electron chi connectivity index (χ0n) is 9.87. The Kier molecular flexibility index (Phi) is 3.55. The van der Waals surface area contributed by atoms with Gasteiger partial charge in [-0.1, -0.05) is 11.6 Å². The fraction of sp³-hybridized carbons (Fsp3) is 0.417. The Labute approximate surface area is 95.5 Å². The number of phenolic OH excluding ortho intramolecular Hbond substituents is 1. The highest BCUT2D eigenvalue weighted by molar-refractivity contribution is 5.97. The molecular weight excluding hydrogens is 204 g/mol. The van der Waals surface area contributed by atoms with E-state index in [1.807, 2.05) is 20.8 Å². The van der Waals surface area contributed by atoms with E-state index < -0.39 is 5.54 Å². The number of hydrogen-bond donors (Lipinski definition) is 3. The molecule has 1 aromatic rings. The summed E-state index contributed by atoms with van der Waals surface area (Å²) >= 11 is 0. The second kappa shape index (κ2) is 4.53. The van der Waals surface area contributed by atoms with Gasteiger partial charge in [-0.05, 0) is 32.9 Å². The third kappa shape index (κ3) is 2.97. The number of hydrogen-bond acceptors (Lipinski definition) is 3. The largest absolute Gasteiger partial charge is 0.507 e. The van der Waals surface area contributed by atoms with Crippen LogP contribution in [0.25, 0.3) is 0 Å². The van der Waals surface area contributed by atoms with E-state index in [4.69, 9.17) is 5.73 Å². The minimum atomic E-state index is -0.479. The fourth-order valence-electron chi connectivity index (χ4n) is 1.26. The van der Waals surface area contributed by atoms with E-state index in [0.29, 0.717) is 6.54 Å². The van der Waals surface area contributed by atoms with Crippen molar-refractivity contribution in [3.63, 3.8) is 0 Å². The summed E-state index contributed by atoms with van der Waals surface area (Å²) in [5.41, 5.74) is 6.25. The van der Waals surface area contributed by atoms with Gasteiger partial charge >= 0.3 is 0 Å². The van der Waals surface area contributed by atoms with Crippen LogP contribution in [0.1, 0.15) is 29.8 Å². The molecule has 0 aromatic heterocycles. The van der Waals surface area contributed by atoms with Crippen LogP contribution >= 0.6 is 0 Å². The highest BCUT2D eigenvalue weighted by Crippen LogP contribution is 2.18. The van der Waals surface area contributed by atoms with Gasteiger partial charge in [-0.2, -0.15) is 0 Å². The minimum absolute atomic E-state index is 0.0177. The number of phenols is 1. The van der Waals surface area contributed by atoms with Crippen LogP contribution in [-0.4, -0.2) is 23.1 Å². The highest BCUT2D eigenvalue weighted by Gasteiger charge is 2.20. The molecule has 88 valence electrons. The number of nitrogens with two attached hydrogens (primary N) is 1. The van der Waals surface area contributed by atoms with E-state index in [1.54, 1.807) is 12.1 Å². The zero-order valence-corrected chi connectivity index (χ0v) is 9.87. The van der Waals surface area contributed by atoms with Gasteiger partial charge in [0.15, 0.2) is 0 Å². The lowest BCUT2D eigenvalue weighted by atomic mass is 10.0. The normalized spacial score (nSPS) is 11.2. The molecular formula is C12H18N2O2. The maximum absolute atomic E-state index is 11.9. The topological polar surface area (TPSA) is 75.3 Å². The maximum Gasteiger partial charge on any atom is 0.255 e. The molecule has 1 rings (SSSR count). The Hall–Kier alpha value is -1.55. The summed E-state index contributed by atoms with van der Waals surface area (Å²) in [5, 5.41) is 12.3. The van der Waals surface area contributed by atoms with Crippen LogP contribution in [0.2, 0.25) is 0 Å². The Balaban J connectivity index is 2.93. The van der Waals surface area contributed by atoms with Crippen LogP contribution in [0.3, 0.4) is 0 Å². The molecule has 0 saturated heterocycles. The van der Waals surface area contributed by atoms with Gasteiger partial charge in [0.25, 0.3) is 5.91 Å². The summed E-state index contributed by atoms with van der Waals surface area (Å²) in [4.78, 5) is 11.9. The molecule has 0 bridgehead atoms. The third-order valence-electron chi connectivity index (χ3n) is 2.36. The van der Waals surface area contributed by atoms with E-state index in [1.165, 1.54) is 6.07 Å². The standard InChI is InChI=1S/C12H18N2O2/c1-8-4-5-10(15)9(6-8)11(16)14-12(2,3)7-13/h4-6,15H,7,13H2,1-3H3,(H,14,16). The van der Waals surface area contributed by atoms with Gasteiger partial charge in [-0.15, -0.1) is 0 Å². The second-order valence-electron chi connectivity index (χ2n) is 4.56. The molecule has 0 aliphatic rings. The van der Waals surface area contributed by atoms with Crippen molar-refractivity contribution in [1.82, 2.24) is 5.32 Å². The van der Waals surface area contributed by atoms with Gasteiger partial charge in [-0.25, -0.2) is 0 Å². The molecule has 1 aromatic carbocycles. The van der Waals surface area contributed by atoms with E-state index in [2.05, 4.69) is 5.32 Å². The second-order valence-corrected chi connectivity index (χ2v) is 4.56. The van der Waals surface area contributed by atoms with Gasteiger partial charge in [0.05, 0.1) is 5.56 Å². The van der Waals surface area contributed by atoms with Gasteiger partial charge < -0.3 is 16.2 Å². The molecule has 4 heteroatoms. The Morgan fingerprint density at radius 3 is 2.69 bits per heavy atom. The number of aryl methyl sites for hydroxylation is 1. The van der Waals surface area contributed by atoms with Crippen molar-refractivity contribution in [3.8, 4) is 5.75 Å². The molecule has 0 atom stereocenters. The van der Waals surface area contributed by atoms with Crippen LogP contribution < -0.4 is 11.1 Å². The first-order chi connectivity index (χ1) is 7.35. The first-order valence-electron chi connectivity index (χ1n) is 5.18. The summed E-state index contributed by atoms with van der Waals surface area (Å²) in [6.07, 6.45) is 0. The van der Waals surface area contributed by atoms with Crippen LogP contribution in [-0.2, 0) is 0 Å². The van der Waals surface area contributed by atoms with E-state index in [9.17, 15) is 9.90 Å². The average molecular weight is 222 g/mol. The molecule has 0 fully saturated rings. The van der Waals surface area contributed by atoms with Gasteiger partial charge in [0.2, 0.25) is 0 Å². The van der Waals surface area contributed by atoms with Gasteiger partial charge in [-0.3, -0.25) is 4.79 Å². The maximum atomic E-state index is 11.9. The number of aromatic hydroxyl groups is 1. The summed E-state index contributed by atoms with van der Waals surface area (Å²) < 4.78 is 0. The van der Waals surface area contributed by atoms with Crippen molar-refractivity contribution in [3.05, 3.63) is 29.3 Å². The molecule has 0 radical (unpaired) electrons. The SMILES string of the molecule is Cc1ccc(O)c(C(=O)NC(C)(C)CN)c1. The molecule has 0 aliphatic heterocycles. The van der Waals surface area contributed by atoms with E-state index >= 15 is 0 Å². The smallest absolute Gasteiger partial charge is 0.255 e. The summed E-state index contributed by atoms with van der Waals surface area (Å²) in [6, 6.07) is 4.91. The van der Waals surface area contributed by atoms with Crippen LogP contribution in [0, 0.1) is 6.92 Å². The van der Waals surface area contributed by atoms with Crippen molar-refractivity contribution in [2.75, 3.05) is 6.54 Å². The van der Waals surface area contributed by atoms with E-state index in [0.717, 1.165) is 5.56 Å². The lowest BCUT2D eigenvalue weighted by molar-refractivity contribution is 0.0913. The predicted molar refractivity (Wildman–Crippen MR) is 63.4 cm³/mol. The minimum Gasteiger partial charge on any atom is -0.507 e. The molecule has 0 heterocycles. The van der Waals surface area contributed by atoms with Crippen molar-refractivity contribution in [2.24, 2.45) is 5.73 Å². The first kappa shape index (κ1) is 12.5. The van der Waals surface area contributed by atoms with Crippen molar-refractivity contribution in [1.29, 1.82) is 0 Å². The summed E-state index contributed by atoms with van der Waals surface area (Å²) in [7, 11) is 0. The highest BCUT2D eigenvalue weighted by atomic mass is 16.3.